The van der Waals surface area contributed by atoms with Crippen molar-refractivity contribution in [2.24, 2.45) is 0 Å². The Bertz CT molecular complexity index is 1350. The van der Waals surface area contributed by atoms with Crippen molar-refractivity contribution in [3.05, 3.63) is 70.9 Å². The van der Waals surface area contributed by atoms with Gasteiger partial charge < -0.3 is 14.2 Å². The summed E-state index contributed by atoms with van der Waals surface area (Å²) in [6.07, 6.45) is 4.15. The Morgan fingerprint density at radius 3 is 2.82 bits per heavy atom. The van der Waals surface area contributed by atoms with Gasteiger partial charge in [-0.1, -0.05) is 24.3 Å². The Hall–Kier alpha value is -3.45. The van der Waals surface area contributed by atoms with Crippen molar-refractivity contribution in [1.82, 2.24) is 14.8 Å². The summed E-state index contributed by atoms with van der Waals surface area (Å²) in [6.45, 7) is 1.32. The van der Waals surface area contributed by atoms with Gasteiger partial charge in [-0.2, -0.15) is 0 Å². The van der Waals surface area contributed by atoms with Crippen LogP contribution in [0.4, 0.5) is 0 Å². The number of carbonyl (C=O) groups excluding carboxylic acids is 2. The predicted molar refractivity (Wildman–Crippen MR) is 131 cm³/mol. The molecule has 0 spiro atoms. The van der Waals surface area contributed by atoms with Crippen LogP contribution in [0.1, 0.15) is 34.0 Å². The summed E-state index contributed by atoms with van der Waals surface area (Å²) in [5.41, 5.74) is 3.86. The first-order valence-corrected chi connectivity index (χ1v) is 11.9. The highest BCUT2D eigenvalue weighted by atomic mass is 32.1. The van der Waals surface area contributed by atoms with E-state index in [-0.39, 0.29) is 11.8 Å². The second-order valence-electron chi connectivity index (χ2n) is 8.47. The Labute approximate surface area is 196 Å². The number of rotatable bonds is 5. The largest absolute Gasteiger partial charge is 0.451 e. The van der Waals surface area contributed by atoms with E-state index in [1.165, 1.54) is 4.90 Å². The minimum Gasteiger partial charge on any atom is -0.451 e. The van der Waals surface area contributed by atoms with Crippen LogP contribution in [-0.4, -0.2) is 53.8 Å². The molecule has 168 valence electrons. The molecule has 0 bridgehead atoms. The molecule has 7 heteroatoms. The lowest BCUT2D eigenvalue weighted by Gasteiger charge is -2.27. The Morgan fingerprint density at radius 1 is 1.15 bits per heavy atom. The van der Waals surface area contributed by atoms with E-state index < -0.39 is 0 Å². The second-order valence-corrected chi connectivity index (χ2v) is 9.59. The number of para-hydroxylation sites is 1. The molecule has 1 aliphatic rings. The van der Waals surface area contributed by atoms with Crippen LogP contribution in [-0.2, 0) is 11.2 Å². The number of carbonyl (C=O) groups is 2. The first-order valence-electron chi connectivity index (χ1n) is 11.0. The molecule has 5 rings (SSSR count). The van der Waals surface area contributed by atoms with Crippen LogP contribution in [0.5, 0.6) is 0 Å². The zero-order valence-corrected chi connectivity index (χ0v) is 19.5. The highest BCUT2D eigenvalue weighted by Crippen LogP contribution is 2.28. The summed E-state index contributed by atoms with van der Waals surface area (Å²) in [6, 6.07) is 15.8. The average Bonchev–Trinajstić information content (AvgIpc) is 3.45. The zero-order chi connectivity index (χ0) is 22.9. The third kappa shape index (κ3) is 4.41. The van der Waals surface area contributed by atoms with E-state index in [0.717, 1.165) is 44.7 Å². The molecule has 0 fully saturated rings. The summed E-state index contributed by atoms with van der Waals surface area (Å²) in [5, 5.41) is 1.89. The number of hydrogen-bond acceptors (Lipinski definition) is 5. The third-order valence-corrected chi connectivity index (χ3v) is 6.99. The smallest absolute Gasteiger partial charge is 0.289 e. The molecule has 6 nitrogen and oxygen atoms in total. The number of thiazole rings is 1. The fraction of sp³-hybridized carbons (Fsp3) is 0.269. The summed E-state index contributed by atoms with van der Waals surface area (Å²) in [4.78, 5) is 33.2. The van der Waals surface area contributed by atoms with Gasteiger partial charge >= 0.3 is 0 Å². The second kappa shape index (κ2) is 8.83. The van der Waals surface area contributed by atoms with Gasteiger partial charge in [0.25, 0.3) is 5.91 Å². The molecule has 2 aromatic carbocycles. The lowest BCUT2D eigenvalue weighted by Crippen LogP contribution is -2.35. The maximum atomic E-state index is 12.9. The van der Waals surface area contributed by atoms with Crippen molar-refractivity contribution in [2.45, 2.75) is 19.3 Å². The molecule has 0 saturated heterocycles. The average molecular weight is 460 g/mol. The first-order chi connectivity index (χ1) is 16.0. The lowest BCUT2D eigenvalue weighted by molar-refractivity contribution is -0.130. The number of benzene rings is 2. The van der Waals surface area contributed by atoms with Crippen molar-refractivity contribution in [3.8, 4) is 0 Å². The quantitative estimate of drug-likeness (QED) is 0.422. The van der Waals surface area contributed by atoms with Crippen molar-refractivity contribution in [3.63, 3.8) is 0 Å². The SMILES string of the molecule is CN(C)C(=O)c1cc2cc(C3=CCCN(C(=O)CCc4nc5ccccc5s4)C3)ccc2o1. The topological polar surface area (TPSA) is 66.7 Å². The summed E-state index contributed by atoms with van der Waals surface area (Å²) < 4.78 is 6.87. The minimum atomic E-state index is -0.158. The van der Waals surface area contributed by atoms with E-state index >= 15 is 0 Å². The van der Waals surface area contributed by atoms with E-state index in [0.29, 0.717) is 30.7 Å². The molecule has 2 amide bonds. The lowest BCUT2D eigenvalue weighted by atomic mass is 9.99. The Balaban J connectivity index is 1.26. The molecule has 4 aromatic rings. The molecule has 0 unspecified atom stereocenters. The molecule has 2 aromatic heterocycles. The van der Waals surface area contributed by atoms with Crippen molar-refractivity contribution in [1.29, 1.82) is 0 Å². The van der Waals surface area contributed by atoms with E-state index in [1.807, 2.05) is 41.3 Å². The van der Waals surface area contributed by atoms with Gasteiger partial charge in [0.05, 0.1) is 15.2 Å². The Morgan fingerprint density at radius 2 is 2.00 bits per heavy atom. The van der Waals surface area contributed by atoms with Crippen molar-refractivity contribution in [2.75, 3.05) is 27.2 Å². The fourth-order valence-electron chi connectivity index (χ4n) is 4.13. The first kappa shape index (κ1) is 21.4. The van der Waals surface area contributed by atoms with Gasteiger partial charge in [0, 0.05) is 45.4 Å². The van der Waals surface area contributed by atoms with Crippen molar-refractivity contribution < 1.29 is 14.0 Å². The fourth-order valence-corrected chi connectivity index (χ4v) is 5.10. The van der Waals surface area contributed by atoms with Crippen LogP contribution in [0.3, 0.4) is 0 Å². The van der Waals surface area contributed by atoms with E-state index in [1.54, 1.807) is 31.5 Å². The number of furan rings is 1. The van der Waals surface area contributed by atoms with Crippen LogP contribution < -0.4 is 0 Å². The zero-order valence-electron chi connectivity index (χ0n) is 18.7. The molecular weight excluding hydrogens is 434 g/mol. The summed E-state index contributed by atoms with van der Waals surface area (Å²) in [7, 11) is 3.41. The van der Waals surface area contributed by atoms with Crippen LogP contribution in [0.25, 0.3) is 26.8 Å². The van der Waals surface area contributed by atoms with E-state index in [2.05, 4.69) is 17.1 Å². The minimum absolute atomic E-state index is 0.156. The molecule has 1 aliphatic heterocycles. The van der Waals surface area contributed by atoms with Gasteiger partial charge in [0.1, 0.15) is 5.58 Å². The maximum absolute atomic E-state index is 12.9. The molecule has 0 aliphatic carbocycles. The highest BCUT2D eigenvalue weighted by molar-refractivity contribution is 7.18. The number of hydrogen-bond donors (Lipinski definition) is 0. The number of fused-ring (bicyclic) bond motifs is 2. The van der Waals surface area contributed by atoms with E-state index in [9.17, 15) is 9.59 Å². The molecule has 0 N–H and O–H groups in total. The van der Waals surface area contributed by atoms with Gasteiger partial charge in [-0.25, -0.2) is 4.98 Å². The molecule has 33 heavy (non-hydrogen) atoms. The van der Waals surface area contributed by atoms with Gasteiger partial charge in [-0.3, -0.25) is 9.59 Å². The summed E-state index contributed by atoms with van der Waals surface area (Å²) in [5.74, 6) is 0.328. The van der Waals surface area contributed by atoms with Crippen LogP contribution in [0.2, 0.25) is 0 Å². The molecule has 0 radical (unpaired) electrons. The van der Waals surface area contributed by atoms with Gasteiger partial charge in [-0.05, 0) is 47.9 Å². The standard InChI is InChI=1S/C26H25N3O3S/c1-28(2)26(31)22-15-19-14-17(9-10-21(19)32-22)18-6-5-13-29(16-18)25(30)12-11-24-27-20-7-3-4-8-23(20)33-24/h3-4,6-10,14-15H,5,11-13,16H2,1-2H3. The predicted octanol–water partition coefficient (Wildman–Crippen LogP) is 4.99. The van der Waals surface area contributed by atoms with Crippen LogP contribution in [0.15, 0.2) is 59.0 Å². The number of nitrogens with zero attached hydrogens (tertiary/aromatic N) is 3. The van der Waals surface area contributed by atoms with Gasteiger partial charge in [-0.15, -0.1) is 11.3 Å². The number of aromatic nitrogens is 1. The Kier molecular flexibility index (Phi) is 5.72. The van der Waals surface area contributed by atoms with E-state index in [4.69, 9.17) is 4.42 Å². The van der Waals surface area contributed by atoms with Crippen molar-refractivity contribution >= 4 is 49.9 Å². The number of aryl methyl sites for hydroxylation is 1. The number of amides is 2. The van der Waals surface area contributed by atoms with Crippen LogP contribution in [0, 0.1) is 0 Å². The molecular formula is C26H25N3O3S. The summed E-state index contributed by atoms with van der Waals surface area (Å²) >= 11 is 1.66. The molecule has 0 atom stereocenters. The highest BCUT2D eigenvalue weighted by Gasteiger charge is 2.20. The monoisotopic (exact) mass is 459 g/mol. The maximum Gasteiger partial charge on any atom is 0.289 e. The molecule has 0 saturated carbocycles. The third-order valence-electron chi connectivity index (χ3n) is 5.90. The van der Waals surface area contributed by atoms with Crippen LogP contribution >= 0.6 is 11.3 Å². The van der Waals surface area contributed by atoms with Gasteiger partial charge in [0.15, 0.2) is 5.76 Å². The van der Waals surface area contributed by atoms with Gasteiger partial charge in [0.2, 0.25) is 5.91 Å². The molecule has 3 heterocycles. The normalized spacial score (nSPS) is 14.0.